The van der Waals surface area contributed by atoms with Gasteiger partial charge in [-0.1, -0.05) is 0 Å². The van der Waals surface area contributed by atoms with Gasteiger partial charge in [-0.2, -0.15) is 13.2 Å². The van der Waals surface area contributed by atoms with Crippen molar-refractivity contribution in [1.82, 2.24) is 19.4 Å². The molecule has 2 atom stereocenters. The van der Waals surface area contributed by atoms with E-state index in [0.717, 1.165) is 17.4 Å². The number of carbonyl (C=O) groups excluding carboxylic acids is 2. The largest absolute Gasteiger partial charge is 0.449 e. The van der Waals surface area contributed by atoms with Crippen molar-refractivity contribution in [3.63, 3.8) is 0 Å². The van der Waals surface area contributed by atoms with Crippen molar-refractivity contribution in [2.24, 2.45) is 5.73 Å². The number of likely N-dealkylation sites (tertiary alicyclic amines) is 1. The maximum atomic E-state index is 14.0. The number of aromatic nitrogens is 2. The number of rotatable bonds is 5. The molecule has 2 N–H and O–H groups in total. The molecular weight excluding hydrogens is 492 g/mol. The van der Waals surface area contributed by atoms with Gasteiger partial charge in [-0.05, 0) is 37.8 Å². The molecule has 0 bridgehead atoms. The number of amides is 2. The first kappa shape index (κ1) is 26.0. The highest BCUT2D eigenvalue weighted by molar-refractivity contribution is 5.94. The maximum Gasteiger partial charge on any atom is 0.449 e. The molecule has 13 heteroatoms. The van der Waals surface area contributed by atoms with Crippen LogP contribution in [-0.2, 0) is 23.9 Å². The highest BCUT2D eigenvalue weighted by Gasteiger charge is 2.44. The fourth-order valence-corrected chi connectivity index (χ4v) is 4.87. The minimum absolute atomic E-state index is 0.000883. The van der Waals surface area contributed by atoms with Crippen molar-refractivity contribution in [2.45, 2.75) is 57.4 Å². The van der Waals surface area contributed by atoms with Crippen molar-refractivity contribution in [1.29, 1.82) is 0 Å². The molecule has 1 aromatic carbocycles. The van der Waals surface area contributed by atoms with Crippen molar-refractivity contribution in [3.8, 4) is 0 Å². The Kier molecular flexibility index (Phi) is 7.04. The lowest BCUT2D eigenvalue weighted by molar-refractivity contribution is -0.148. The lowest BCUT2D eigenvalue weighted by Gasteiger charge is -2.36. The molecule has 4 rings (SSSR count). The quantitative estimate of drug-likeness (QED) is 0.487. The number of hydrogen-bond acceptors (Lipinski definition) is 4. The van der Waals surface area contributed by atoms with Gasteiger partial charge in [0.2, 0.25) is 11.7 Å². The Morgan fingerprint density at radius 3 is 2.33 bits per heavy atom. The number of nitrogens with two attached hydrogens (primary N) is 1. The Morgan fingerprint density at radius 1 is 1.06 bits per heavy atom. The molecule has 0 radical (unpaired) electrons. The van der Waals surface area contributed by atoms with Crippen LogP contribution in [-0.4, -0.2) is 56.8 Å². The van der Waals surface area contributed by atoms with Crippen LogP contribution in [0.4, 0.5) is 26.3 Å². The summed E-state index contributed by atoms with van der Waals surface area (Å²) in [6, 6.07) is -0.813. The topological polar surface area (TPSA) is 84.5 Å². The molecule has 7 nitrogen and oxygen atoms in total. The number of fused-ring (bicyclic) bond motifs is 1. The lowest BCUT2D eigenvalue weighted by Crippen LogP contribution is -2.44. The van der Waals surface area contributed by atoms with E-state index >= 15 is 0 Å². The number of alkyl halides is 3. The zero-order valence-electron chi connectivity index (χ0n) is 19.4. The van der Waals surface area contributed by atoms with E-state index in [2.05, 4.69) is 4.98 Å². The number of halogens is 6. The standard InChI is InChI=1S/C23H25F6N5O2/c1-12-20-19(21(36)32-4-2-3-5-32)31-22(23(27,28)29)34(20)7-6-33(12)18(35)10-14(30)8-13-9-16(25)17(26)11-15(13)24/h9,11-12,14H,2-8,10,30H2,1H3/t12?,14-/m1/s1. The fraction of sp³-hybridized carbons (Fsp3) is 0.522. The van der Waals surface area contributed by atoms with E-state index in [4.69, 9.17) is 5.73 Å². The van der Waals surface area contributed by atoms with Crippen LogP contribution in [0, 0.1) is 17.5 Å². The van der Waals surface area contributed by atoms with Gasteiger partial charge in [0, 0.05) is 44.7 Å². The molecule has 0 saturated carbocycles. The van der Waals surface area contributed by atoms with Gasteiger partial charge in [-0.15, -0.1) is 0 Å². The number of hydrogen-bond donors (Lipinski definition) is 1. The van der Waals surface area contributed by atoms with Gasteiger partial charge in [0.15, 0.2) is 17.3 Å². The van der Waals surface area contributed by atoms with Crippen LogP contribution in [0.1, 0.15) is 59.8 Å². The third-order valence-electron chi connectivity index (χ3n) is 6.61. The monoisotopic (exact) mass is 517 g/mol. The molecule has 2 amide bonds. The van der Waals surface area contributed by atoms with Gasteiger partial charge in [0.25, 0.3) is 5.91 Å². The Morgan fingerprint density at radius 2 is 1.69 bits per heavy atom. The van der Waals surface area contributed by atoms with Gasteiger partial charge in [-0.25, -0.2) is 18.2 Å². The first-order chi connectivity index (χ1) is 16.9. The van der Waals surface area contributed by atoms with Crippen LogP contribution in [0.5, 0.6) is 0 Å². The first-order valence-corrected chi connectivity index (χ1v) is 11.5. The van der Waals surface area contributed by atoms with Crippen molar-refractivity contribution in [2.75, 3.05) is 19.6 Å². The van der Waals surface area contributed by atoms with Gasteiger partial charge in [-0.3, -0.25) is 9.59 Å². The van der Waals surface area contributed by atoms with Crippen molar-refractivity contribution < 1.29 is 35.9 Å². The predicted molar refractivity (Wildman–Crippen MR) is 115 cm³/mol. The van der Waals surface area contributed by atoms with Gasteiger partial charge in [0.1, 0.15) is 5.82 Å². The summed E-state index contributed by atoms with van der Waals surface area (Å²) >= 11 is 0. The summed E-state index contributed by atoms with van der Waals surface area (Å²) in [5.74, 6) is -5.94. The van der Waals surface area contributed by atoms with E-state index in [1.807, 2.05) is 0 Å². The second-order valence-corrected chi connectivity index (χ2v) is 9.11. The first-order valence-electron chi connectivity index (χ1n) is 11.5. The summed E-state index contributed by atoms with van der Waals surface area (Å²) in [5, 5.41) is 0. The highest BCUT2D eigenvalue weighted by atomic mass is 19.4. The Balaban J connectivity index is 1.56. The van der Waals surface area contributed by atoms with Crippen LogP contribution in [0.25, 0.3) is 0 Å². The molecule has 1 aromatic heterocycles. The Bertz CT molecular complexity index is 1170. The normalized spacial score (nSPS) is 18.9. The molecule has 2 aromatic rings. The Hall–Kier alpha value is -3.09. The Labute approximate surface area is 202 Å². The zero-order chi connectivity index (χ0) is 26.4. The number of nitrogens with zero attached hydrogens (tertiary/aromatic N) is 4. The third kappa shape index (κ3) is 4.93. The molecule has 0 aliphatic carbocycles. The lowest BCUT2D eigenvalue weighted by atomic mass is 10.0. The molecule has 3 heterocycles. The van der Waals surface area contributed by atoms with E-state index in [9.17, 15) is 35.9 Å². The maximum absolute atomic E-state index is 14.0. The summed E-state index contributed by atoms with van der Waals surface area (Å²) in [7, 11) is 0. The van der Waals surface area contributed by atoms with Crippen LogP contribution in [0.3, 0.4) is 0 Å². The molecule has 196 valence electrons. The van der Waals surface area contributed by atoms with Crippen LogP contribution >= 0.6 is 0 Å². The third-order valence-corrected chi connectivity index (χ3v) is 6.61. The van der Waals surface area contributed by atoms with E-state index in [-0.39, 0.29) is 42.9 Å². The summed E-state index contributed by atoms with van der Waals surface area (Å²) in [4.78, 5) is 32.5. The second-order valence-electron chi connectivity index (χ2n) is 9.11. The molecule has 1 saturated heterocycles. The van der Waals surface area contributed by atoms with Crippen LogP contribution in [0.15, 0.2) is 12.1 Å². The second kappa shape index (κ2) is 9.75. The number of imidazole rings is 1. The van der Waals surface area contributed by atoms with Crippen LogP contribution in [0.2, 0.25) is 0 Å². The van der Waals surface area contributed by atoms with E-state index in [0.29, 0.717) is 25.2 Å². The van der Waals surface area contributed by atoms with Crippen molar-refractivity contribution in [3.05, 3.63) is 52.4 Å². The summed E-state index contributed by atoms with van der Waals surface area (Å²) < 4.78 is 82.6. The molecule has 1 fully saturated rings. The summed E-state index contributed by atoms with van der Waals surface area (Å²) in [6.45, 7) is 2.02. The molecule has 2 aliphatic heterocycles. The molecule has 1 unspecified atom stereocenters. The van der Waals surface area contributed by atoms with E-state index < -0.39 is 53.4 Å². The molecule has 36 heavy (non-hydrogen) atoms. The summed E-state index contributed by atoms with van der Waals surface area (Å²) in [5.41, 5.74) is 5.44. The summed E-state index contributed by atoms with van der Waals surface area (Å²) in [6.07, 6.45) is -3.89. The van der Waals surface area contributed by atoms with Gasteiger partial charge < -0.3 is 20.1 Å². The highest BCUT2D eigenvalue weighted by Crippen LogP contribution is 2.37. The number of benzene rings is 1. The SMILES string of the molecule is CC1c2c(C(=O)N3CCCC3)nc(C(F)(F)F)n2CCN1C(=O)C[C@H](N)Cc1cc(F)c(F)cc1F. The predicted octanol–water partition coefficient (Wildman–Crippen LogP) is 3.42. The number of carbonyl (C=O) groups is 2. The van der Waals surface area contributed by atoms with E-state index in [1.54, 1.807) is 0 Å². The molecule has 0 spiro atoms. The van der Waals surface area contributed by atoms with Gasteiger partial charge >= 0.3 is 6.18 Å². The molecular formula is C23H25F6N5O2. The minimum Gasteiger partial charge on any atom is -0.337 e. The zero-order valence-corrected chi connectivity index (χ0v) is 19.4. The average Bonchev–Trinajstić information content (AvgIpc) is 3.45. The van der Waals surface area contributed by atoms with E-state index in [1.165, 1.54) is 16.7 Å². The van der Waals surface area contributed by atoms with Gasteiger partial charge in [0.05, 0.1) is 11.7 Å². The van der Waals surface area contributed by atoms with Crippen molar-refractivity contribution >= 4 is 11.8 Å². The average molecular weight is 517 g/mol. The minimum atomic E-state index is -4.79. The molecule has 2 aliphatic rings. The smallest absolute Gasteiger partial charge is 0.337 e. The fourth-order valence-electron chi connectivity index (χ4n) is 4.87. The van der Waals surface area contributed by atoms with Crippen LogP contribution < -0.4 is 5.73 Å².